The molecule has 0 aromatic heterocycles. The maximum Gasteiger partial charge on any atom is 0.233 e. The van der Waals surface area contributed by atoms with Gasteiger partial charge in [-0.25, -0.2) is 0 Å². The Morgan fingerprint density at radius 2 is 2.16 bits per heavy atom. The zero-order valence-electron chi connectivity index (χ0n) is 11.9. The maximum atomic E-state index is 11.5. The summed E-state index contributed by atoms with van der Waals surface area (Å²) in [7, 11) is 0. The van der Waals surface area contributed by atoms with Crippen molar-refractivity contribution in [3.8, 4) is 0 Å². The van der Waals surface area contributed by atoms with E-state index in [9.17, 15) is 4.79 Å². The van der Waals surface area contributed by atoms with Gasteiger partial charge in [0.05, 0.1) is 6.54 Å². The van der Waals surface area contributed by atoms with Crippen LogP contribution in [0.15, 0.2) is 24.3 Å². The van der Waals surface area contributed by atoms with Crippen LogP contribution in [0.3, 0.4) is 0 Å². The highest BCUT2D eigenvalue weighted by Crippen LogP contribution is 2.36. The van der Waals surface area contributed by atoms with E-state index in [0.29, 0.717) is 18.5 Å². The maximum absolute atomic E-state index is 11.5. The van der Waals surface area contributed by atoms with Crippen molar-refractivity contribution in [1.29, 1.82) is 0 Å². The van der Waals surface area contributed by atoms with E-state index in [1.807, 2.05) is 0 Å². The zero-order chi connectivity index (χ0) is 13.7. The first kappa shape index (κ1) is 14.1. The molecule has 1 aliphatic carbocycles. The molecule has 0 heterocycles. The van der Waals surface area contributed by atoms with Gasteiger partial charge in [0.25, 0.3) is 0 Å². The normalized spacial score (nSPS) is 21.8. The van der Waals surface area contributed by atoms with Gasteiger partial charge in [-0.1, -0.05) is 36.8 Å². The molecule has 0 unspecified atom stereocenters. The molecule has 19 heavy (non-hydrogen) atoms. The topological polar surface area (TPSA) is 41.1 Å². The highest BCUT2D eigenvalue weighted by molar-refractivity contribution is 5.77. The molecule has 0 radical (unpaired) electrons. The fourth-order valence-corrected chi connectivity index (χ4v) is 2.54. The predicted molar refractivity (Wildman–Crippen MR) is 78.2 cm³/mol. The van der Waals surface area contributed by atoms with Crippen LogP contribution in [0.4, 0.5) is 0 Å². The Morgan fingerprint density at radius 1 is 1.37 bits per heavy atom. The van der Waals surface area contributed by atoms with E-state index in [1.165, 1.54) is 11.1 Å². The summed E-state index contributed by atoms with van der Waals surface area (Å²) in [5.41, 5.74) is 2.77. The summed E-state index contributed by atoms with van der Waals surface area (Å²) in [6, 6.07) is 9.24. The van der Waals surface area contributed by atoms with E-state index >= 15 is 0 Å². The molecule has 1 aromatic rings. The first-order valence-corrected chi connectivity index (χ1v) is 7.25. The molecular weight excluding hydrogens is 236 g/mol. The number of hydrogen-bond acceptors (Lipinski definition) is 2. The Balaban J connectivity index is 1.68. The molecule has 1 aromatic carbocycles. The number of rotatable bonds is 6. The molecule has 1 amide bonds. The fourth-order valence-electron chi connectivity index (χ4n) is 2.54. The number of hydrogen-bond donors (Lipinski definition) is 2. The molecule has 0 saturated heterocycles. The van der Waals surface area contributed by atoms with Crippen molar-refractivity contribution in [2.45, 2.75) is 45.1 Å². The minimum atomic E-state index is 0.112. The number of carbonyl (C=O) groups is 1. The van der Waals surface area contributed by atoms with Crippen molar-refractivity contribution in [1.82, 2.24) is 10.6 Å². The molecular formula is C16H24N2O. The van der Waals surface area contributed by atoms with Gasteiger partial charge >= 0.3 is 0 Å². The highest BCUT2D eigenvalue weighted by Gasteiger charge is 2.30. The van der Waals surface area contributed by atoms with Gasteiger partial charge in [0.15, 0.2) is 0 Å². The second-order valence-electron chi connectivity index (χ2n) is 5.51. The molecule has 0 aliphatic heterocycles. The second-order valence-corrected chi connectivity index (χ2v) is 5.51. The van der Waals surface area contributed by atoms with Crippen molar-refractivity contribution in [2.24, 2.45) is 0 Å². The monoisotopic (exact) mass is 260 g/mol. The van der Waals surface area contributed by atoms with Crippen LogP contribution in [0, 0.1) is 6.92 Å². The van der Waals surface area contributed by atoms with Crippen LogP contribution in [0.2, 0.25) is 0 Å². The third kappa shape index (κ3) is 4.06. The smallest absolute Gasteiger partial charge is 0.233 e. The average Bonchev–Trinajstić information content (AvgIpc) is 2.34. The Bertz CT molecular complexity index is 425. The first-order chi connectivity index (χ1) is 9.19. The van der Waals surface area contributed by atoms with E-state index in [1.54, 1.807) is 0 Å². The molecule has 2 rings (SSSR count). The van der Waals surface area contributed by atoms with Crippen molar-refractivity contribution in [3.63, 3.8) is 0 Å². The molecule has 1 aliphatic rings. The third-order valence-corrected chi connectivity index (χ3v) is 3.78. The van der Waals surface area contributed by atoms with Gasteiger partial charge in [-0.15, -0.1) is 0 Å². The van der Waals surface area contributed by atoms with E-state index in [0.717, 1.165) is 25.8 Å². The lowest BCUT2D eigenvalue weighted by molar-refractivity contribution is -0.120. The van der Waals surface area contributed by atoms with Gasteiger partial charge in [-0.3, -0.25) is 4.79 Å². The van der Waals surface area contributed by atoms with Crippen LogP contribution in [0.25, 0.3) is 0 Å². The van der Waals surface area contributed by atoms with Crippen LogP contribution < -0.4 is 10.6 Å². The molecule has 1 saturated carbocycles. The number of nitrogens with one attached hydrogen (secondary N) is 2. The minimum Gasteiger partial charge on any atom is -0.355 e. The van der Waals surface area contributed by atoms with E-state index in [4.69, 9.17) is 0 Å². The minimum absolute atomic E-state index is 0.112. The SMILES string of the molecule is CCCNC(=O)CNC1CC(c2cccc(C)c2)C1. The third-order valence-electron chi connectivity index (χ3n) is 3.78. The second kappa shape index (κ2) is 6.71. The summed E-state index contributed by atoms with van der Waals surface area (Å²) in [5, 5.41) is 6.21. The van der Waals surface area contributed by atoms with Crippen LogP contribution >= 0.6 is 0 Å². The largest absolute Gasteiger partial charge is 0.355 e. The van der Waals surface area contributed by atoms with Gasteiger partial charge in [-0.05, 0) is 37.7 Å². The quantitative estimate of drug-likeness (QED) is 0.824. The van der Waals surface area contributed by atoms with Crippen molar-refractivity contribution in [2.75, 3.05) is 13.1 Å². The summed E-state index contributed by atoms with van der Waals surface area (Å²) in [4.78, 5) is 11.5. The Labute approximate surface area is 115 Å². The number of carbonyl (C=O) groups excluding carboxylic acids is 1. The summed E-state index contributed by atoms with van der Waals surface area (Å²) in [6.07, 6.45) is 3.28. The van der Waals surface area contributed by atoms with Crippen molar-refractivity contribution in [3.05, 3.63) is 35.4 Å². The molecule has 3 nitrogen and oxygen atoms in total. The first-order valence-electron chi connectivity index (χ1n) is 7.25. The van der Waals surface area contributed by atoms with E-state index < -0.39 is 0 Å². The molecule has 1 fully saturated rings. The Morgan fingerprint density at radius 3 is 2.84 bits per heavy atom. The predicted octanol–water partition coefficient (Wildman–Crippen LogP) is 2.36. The van der Waals surface area contributed by atoms with E-state index in [2.05, 4.69) is 48.7 Å². The average molecular weight is 260 g/mol. The molecule has 0 spiro atoms. The van der Waals surface area contributed by atoms with E-state index in [-0.39, 0.29) is 5.91 Å². The number of amides is 1. The number of aryl methyl sites for hydroxylation is 1. The van der Waals surface area contributed by atoms with Gasteiger partial charge in [-0.2, -0.15) is 0 Å². The molecule has 104 valence electrons. The lowest BCUT2D eigenvalue weighted by Gasteiger charge is -2.36. The molecule has 3 heteroatoms. The van der Waals surface area contributed by atoms with Crippen LogP contribution in [-0.2, 0) is 4.79 Å². The number of benzene rings is 1. The Kier molecular flexibility index (Phi) is 4.97. The van der Waals surface area contributed by atoms with Gasteiger partial charge in [0, 0.05) is 12.6 Å². The van der Waals surface area contributed by atoms with Crippen LogP contribution in [0.5, 0.6) is 0 Å². The summed E-state index contributed by atoms with van der Waals surface area (Å²) < 4.78 is 0. The standard InChI is InChI=1S/C16H24N2O/c1-3-7-17-16(19)11-18-15-9-14(10-15)13-6-4-5-12(2)8-13/h4-6,8,14-15,18H,3,7,9-11H2,1-2H3,(H,17,19). The van der Waals surface area contributed by atoms with Crippen molar-refractivity contribution >= 4 is 5.91 Å². The van der Waals surface area contributed by atoms with Gasteiger partial charge < -0.3 is 10.6 Å². The highest BCUT2D eigenvalue weighted by atomic mass is 16.1. The van der Waals surface area contributed by atoms with Crippen molar-refractivity contribution < 1.29 is 4.79 Å². The molecule has 0 atom stereocenters. The van der Waals surface area contributed by atoms with Crippen LogP contribution in [-0.4, -0.2) is 25.0 Å². The lowest BCUT2D eigenvalue weighted by Crippen LogP contribution is -2.45. The Hall–Kier alpha value is -1.35. The summed E-state index contributed by atoms with van der Waals surface area (Å²) in [5.74, 6) is 0.775. The lowest BCUT2D eigenvalue weighted by atomic mass is 9.75. The van der Waals surface area contributed by atoms with Gasteiger partial charge in [0.2, 0.25) is 5.91 Å². The van der Waals surface area contributed by atoms with Gasteiger partial charge in [0.1, 0.15) is 0 Å². The summed E-state index contributed by atoms with van der Waals surface area (Å²) in [6.45, 7) is 5.42. The summed E-state index contributed by atoms with van der Waals surface area (Å²) >= 11 is 0. The zero-order valence-corrected chi connectivity index (χ0v) is 11.9. The van der Waals surface area contributed by atoms with Crippen LogP contribution in [0.1, 0.15) is 43.2 Å². The molecule has 0 bridgehead atoms. The molecule has 2 N–H and O–H groups in total. The fraction of sp³-hybridized carbons (Fsp3) is 0.562.